The molecule has 0 saturated heterocycles. The normalized spacial score (nSPS) is 11.4. The Bertz CT molecular complexity index is 1210. The number of unbranched alkanes of at least 4 members (excludes halogenated alkanes) is 21. The molecule has 14 heteroatoms. The molecule has 0 rings (SSSR count). The molecule has 0 fully saturated rings. The summed E-state index contributed by atoms with van der Waals surface area (Å²) in [6, 6.07) is 0. The Hall–Kier alpha value is -3.23. The number of aldehydes is 3. The Balaban J connectivity index is -0.000000218. The summed E-state index contributed by atoms with van der Waals surface area (Å²) in [5.41, 5.74) is 0. The van der Waals surface area contributed by atoms with Crippen molar-refractivity contribution in [2.75, 3.05) is 61.0 Å². The number of esters is 3. The summed E-state index contributed by atoms with van der Waals surface area (Å²) in [4.78, 5) is 76.4. The lowest BCUT2D eigenvalue weighted by atomic mass is 9.99. The van der Waals surface area contributed by atoms with Crippen LogP contribution in [0.15, 0.2) is 0 Å². The van der Waals surface area contributed by atoms with Gasteiger partial charge in [-0.3, -0.25) is 19.2 Å². The van der Waals surface area contributed by atoms with Gasteiger partial charge in [-0.25, -0.2) is 0 Å². The standard InChI is InChI=1S/C16H30O5.C15H26O4.C15H28O3.2C9H20O.C2H6/c1-5-6-7-15(8-13(2)3)21-16(18)9-14(10-19-4)11-20-12-17;1-2-3-4-5-6-7-12-19-15(18)13-14(8-10-16)9-11-17;1-3-5-6-7-8-9-12-18-15(17)13-14(4-2)10-11-16;2*1-3-4-5-6-7-8-9-10-2;1-2/h12-15H,5-11H2,1-4H3;10-11,14H,2-9,12-13H2,1H3;11,14H,3-10,12-13H2,1-2H3;2*3-9H2,1-2H3;1-2H3. The summed E-state index contributed by atoms with van der Waals surface area (Å²) < 4.78 is 35.5. The molecule has 0 aliphatic rings. The van der Waals surface area contributed by atoms with Crippen molar-refractivity contribution >= 4 is 43.2 Å². The lowest BCUT2D eigenvalue weighted by Gasteiger charge is -2.21. The van der Waals surface area contributed by atoms with Gasteiger partial charge in [-0.05, 0) is 56.3 Å². The van der Waals surface area contributed by atoms with Gasteiger partial charge in [0, 0.05) is 72.6 Å². The van der Waals surface area contributed by atoms with Crippen molar-refractivity contribution in [1.29, 1.82) is 0 Å². The van der Waals surface area contributed by atoms with Crippen molar-refractivity contribution < 1.29 is 66.7 Å². The first-order chi connectivity index (χ1) is 38.8. The van der Waals surface area contributed by atoms with Crippen molar-refractivity contribution in [3.8, 4) is 0 Å². The molecule has 478 valence electrons. The van der Waals surface area contributed by atoms with E-state index in [1.54, 1.807) is 21.3 Å². The molecule has 0 aromatic rings. The van der Waals surface area contributed by atoms with Gasteiger partial charge in [-0.1, -0.05) is 217 Å². The molecule has 3 unspecified atom stereocenters. The lowest BCUT2D eigenvalue weighted by Crippen LogP contribution is -2.25. The highest BCUT2D eigenvalue weighted by atomic mass is 16.5. The van der Waals surface area contributed by atoms with Crippen LogP contribution in [0, 0.1) is 23.7 Å². The van der Waals surface area contributed by atoms with Crippen LogP contribution in [0.3, 0.4) is 0 Å². The fourth-order valence-corrected chi connectivity index (χ4v) is 8.07. The molecule has 0 saturated carbocycles. The quantitative estimate of drug-likeness (QED) is 0.0242. The number of ether oxygens (including phenoxy) is 7. The van der Waals surface area contributed by atoms with Crippen LogP contribution in [0.1, 0.15) is 294 Å². The minimum Gasteiger partial charge on any atom is -0.467 e. The van der Waals surface area contributed by atoms with Gasteiger partial charge >= 0.3 is 17.9 Å². The SMILES string of the molecule is CC.CCCCC(CC(C)C)OC(=O)CC(COC)COC=O.CCCCCCCCOC.CCCCCCCCOC.CCCCCCCCOC(=O)CC(CC)CC=O.CCCCCCCCOC(=O)CC(CC=O)CC=O. The third-order valence-corrected chi connectivity index (χ3v) is 12.9. The molecular weight excluding hydrogens is 1020 g/mol. The van der Waals surface area contributed by atoms with E-state index in [2.05, 4.69) is 48.5 Å². The maximum absolute atomic E-state index is 12.0. The average Bonchev–Trinajstić information content (AvgIpc) is 3.44. The predicted octanol–water partition coefficient (Wildman–Crippen LogP) is 16.9. The largest absolute Gasteiger partial charge is 0.467 e. The van der Waals surface area contributed by atoms with Crippen molar-refractivity contribution in [2.24, 2.45) is 23.7 Å². The van der Waals surface area contributed by atoms with Crippen LogP contribution in [0.25, 0.3) is 0 Å². The second-order valence-electron chi connectivity index (χ2n) is 21.1. The molecule has 80 heavy (non-hydrogen) atoms. The Morgan fingerprint density at radius 3 is 1.09 bits per heavy atom. The zero-order valence-electron chi connectivity index (χ0n) is 54.4. The van der Waals surface area contributed by atoms with Gasteiger partial charge in [-0.15, -0.1) is 0 Å². The molecule has 0 aromatic heterocycles. The van der Waals surface area contributed by atoms with Crippen molar-refractivity contribution in [2.45, 2.75) is 300 Å². The molecule has 0 N–H and O–H groups in total. The second kappa shape index (κ2) is 80.0. The van der Waals surface area contributed by atoms with Crippen LogP contribution >= 0.6 is 0 Å². The van der Waals surface area contributed by atoms with Gasteiger partial charge in [-0.2, -0.15) is 0 Å². The summed E-state index contributed by atoms with van der Waals surface area (Å²) >= 11 is 0. The van der Waals surface area contributed by atoms with Crippen LogP contribution in [0.2, 0.25) is 0 Å². The number of hydrogen-bond donors (Lipinski definition) is 0. The fraction of sp³-hybridized carbons (Fsp3) is 0.894. The minimum absolute atomic E-state index is 0.0207. The van der Waals surface area contributed by atoms with E-state index in [-0.39, 0.29) is 74.1 Å². The predicted molar refractivity (Wildman–Crippen MR) is 330 cm³/mol. The Morgan fingerprint density at radius 2 is 0.750 bits per heavy atom. The summed E-state index contributed by atoms with van der Waals surface area (Å²) in [5, 5.41) is 0. The third kappa shape index (κ3) is 81.2. The zero-order valence-corrected chi connectivity index (χ0v) is 54.4. The molecular formula is C66H130O14. The van der Waals surface area contributed by atoms with Crippen molar-refractivity contribution in [3.63, 3.8) is 0 Å². The van der Waals surface area contributed by atoms with Crippen molar-refractivity contribution in [3.05, 3.63) is 0 Å². The highest BCUT2D eigenvalue weighted by Crippen LogP contribution is 2.18. The summed E-state index contributed by atoms with van der Waals surface area (Å²) in [7, 11) is 5.10. The average molecular weight is 1150 g/mol. The monoisotopic (exact) mass is 1150 g/mol. The van der Waals surface area contributed by atoms with Crippen LogP contribution in [-0.2, 0) is 66.7 Å². The Labute approximate surface area is 492 Å². The highest BCUT2D eigenvalue weighted by molar-refractivity contribution is 5.71. The van der Waals surface area contributed by atoms with Gasteiger partial charge in [0.25, 0.3) is 6.47 Å². The third-order valence-electron chi connectivity index (χ3n) is 12.9. The lowest BCUT2D eigenvalue weighted by molar-refractivity contribution is -0.153. The number of methoxy groups -OCH3 is 3. The van der Waals surface area contributed by atoms with Crippen molar-refractivity contribution in [1.82, 2.24) is 0 Å². The topological polar surface area (TPSA) is 184 Å². The summed E-state index contributed by atoms with van der Waals surface area (Å²) in [5.74, 6) is -0.411. The van der Waals surface area contributed by atoms with Crippen LogP contribution in [0.5, 0.6) is 0 Å². The first kappa shape index (κ1) is 88.0. The smallest absolute Gasteiger partial charge is 0.306 e. The number of carbonyl (C=O) groups is 7. The molecule has 0 aromatic carbocycles. The zero-order chi connectivity index (χ0) is 61.4. The van der Waals surface area contributed by atoms with Gasteiger partial charge in [0.05, 0.1) is 32.8 Å². The van der Waals surface area contributed by atoms with Gasteiger partial charge in [0.2, 0.25) is 0 Å². The van der Waals surface area contributed by atoms with E-state index in [1.807, 2.05) is 20.8 Å². The molecule has 0 heterocycles. The number of carbonyl (C=O) groups excluding carboxylic acids is 7. The summed E-state index contributed by atoms with van der Waals surface area (Å²) in [6.07, 6.45) is 39.1. The van der Waals surface area contributed by atoms with Crippen LogP contribution in [-0.4, -0.2) is 110 Å². The Morgan fingerprint density at radius 1 is 0.400 bits per heavy atom. The molecule has 0 spiro atoms. The maximum Gasteiger partial charge on any atom is 0.306 e. The first-order valence-electron chi connectivity index (χ1n) is 32.2. The molecule has 0 amide bonds. The van der Waals surface area contributed by atoms with E-state index in [9.17, 15) is 33.6 Å². The molecule has 0 aliphatic heterocycles. The summed E-state index contributed by atoms with van der Waals surface area (Å²) in [6.45, 7) is 25.0. The Kier molecular flexibility index (Phi) is 88.0. The fourth-order valence-electron chi connectivity index (χ4n) is 8.07. The van der Waals surface area contributed by atoms with E-state index < -0.39 is 0 Å². The molecule has 0 aliphatic carbocycles. The molecule has 0 radical (unpaired) electrons. The molecule has 0 bridgehead atoms. The highest BCUT2D eigenvalue weighted by Gasteiger charge is 2.21. The van der Waals surface area contributed by atoms with Gasteiger partial charge in [0.15, 0.2) is 0 Å². The van der Waals surface area contributed by atoms with Gasteiger partial charge in [0.1, 0.15) is 25.0 Å². The van der Waals surface area contributed by atoms with E-state index in [1.165, 1.54) is 128 Å². The van der Waals surface area contributed by atoms with Gasteiger partial charge < -0.3 is 47.5 Å². The van der Waals surface area contributed by atoms with Crippen LogP contribution < -0.4 is 0 Å². The molecule has 3 atom stereocenters. The van der Waals surface area contributed by atoms with E-state index in [0.717, 1.165) is 89.9 Å². The van der Waals surface area contributed by atoms with E-state index in [4.69, 9.17) is 33.2 Å². The maximum atomic E-state index is 12.0. The molecule has 14 nitrogen and oxygen atoms in total. The number of rotatable bonds is 52. The number of hydrogen-bond acceptors (Lipinski definition) is 14. The second-order valence-corrected chi connectivity index (χ2v) is 21.1. The van der Waals surface area contributed by atoms with E-state index in [0.29, 0.717) is 45.1 Å². The van der Waals surface area contributed by atoms with Crippen LogP contribution in [0.4, 0.5) is 0 Å². The minimum atomic E-state index is -0.303. The van der Waals surface area contributed by atoms with E-state index >= 15 is 0 Å². The first-order valence-corrected chi connectivity index (χ1v) is 32.2.